The number of guanidine groups is 1. The first kappa shape index (κ1) is 18.3. The highest BCUT2D eigenvalue weighted by atomic mass is 16.1. The third-order valence-electron chi connectivity index (χ3n) is 4.27. The van der Waals surface area contributed by atoms with Crippen LogP contribution in [0.2, 0.25) is 0 Å². The van der Waals surface area contributed by atoms with E-state index >= 15 is 0 Å². The third-order valence-corrected chi connectivity index (χ3v) is 4.27. The largest absolute Gasteiger partial charge is 0.357 e. The monoisotopic (exact) mass is 330 g/mol. The molecule has 1 unspecified atom stereocenters. The predicted octanol–water partition coefficient (Wildman–Crippen LogP) is 2.36. The quantitative estimate of drug-likeness (QED) is 0.596. The SMILES string of the molecule is CCCNC(=O)CCN=C(NCC)N1CCC(c2ccccc2)C1. The van der Waals surface area contributed by atoms with Gasteiger partial charge in [-0.15, -0.1) is 0 Å². The highest BCUT2D eigenvalue weighted by Gasteiger charge is 2.25. The van der Waals surface area contributed by atoms with Crippen molar-refractivity contribution in [3.8, 4) is 0 Å². The number of rotatable bonds is 7. The Morgan fingerprint density at radius 3 is 2.75 bits per heavy atom. The summed E-state index contributed by atoms with van der Waals surface area (Å²) in [5.74, 6) is 1.57. The Bertz CT molecular complexity index is 529. The molecule has 132 valence electrons. The van der Waals surface area contributed by atoms with Gasteiger partial charge in [0, 0.05) is 38.5 Å². The fraction of sp³-hybridized carbons (Fsp3) is 0.579. The number of carbonyl (C=O) groups is 1. The Morgan fingerprint density at radius 2 is 2.04 bits per heavy atom. The van der Waals surface area contributed by atoms with Gasteiger partial charge in [0.15, 0.2) is 5.96 Å². The van der Waals surface area contributed by atoms with Crippen LogP contribution < -0.4 is 10.6 Å². The maximum Gasteiger partial charge on any atom is 0.221 e. The molecule has 1 amide bonds. The average Bonchev–Trinajstić information content (AvgIpc) is 3.10. The number of hydrogen-bond acceptors (Lipinski definition) is 2. The minimum absolute atomic E-state index is 0.0834. The second-order valence-electron chi connectivity index (χ2n) is 6.18. The topological polar surface area (TPSA) is 56.7 Å². The van der Waals surface area contributed by atoms with Gasteiger partial charge in [-0.1, -0.05) is 37.3 Å². The molecule has 2 rings (SSSR count). The summed E-state index contributed by atoms with van der Waals surface area (Å²) >= 11 is 0. The first-order valence-corrected chi connectivity index (χ1v) is 9.09. The van der Waals surface area contributed by atoms with Crippen molar-refractivity contribution < 1.29 is 4.79 Å². The maximum absolute atomic E-state index is 11.7. The summed E-state index contributed by atoms with van der Waals surface area (Å²) in [6, 6.07) is 10.7. The summed E-state index contributed by atoms with van der Waals surface area (Å²) in [5, 5.41) is 6.25. The average molecular weight is 330 g/mol. The summed E-state index contributed by atoms with van der Waals surface area (Å²) < 4.78 is 0. The number of nitrogens with one attached hydrogen (secondary N) is 2. The van der Waals surface area contributed by atoms with Gasteiger partial charge in [0.1, 0.15) is 0 Å². The van der Waals surface area contributed by atoms with Crippen LogP contribution in [0.4, 0.5) is 0 Å². The summed E-state index contributed by atoms with van der Waals surface area (Å²) in [6.07, 6.45) is 2.56. The van der Waals surface area contributed by atoms with E-state index in [-0.39, 0.29) is 5.91 Å². The number of likely N-dealkylation sites (tertiary alicyclic amines) is 1. The van der Waals surface area contributed by atoms with E-state index in [0.29, 0.717) is 18.9 Å². The van der Waals surface area contributed by atoms with Crippen molar-refractivity contribution in [1.82, 2.24) is 15.5 Å². The molecule has 1 aromatic carbocycles. The minimum Gasteiger partial charge on any atom is -0.357 e. The van der Waals surface area contributed by atoms with Gasteiger partial charge in [-0.3, -0.25) is 9.79 Å². The Hall–Kier alpha value is -2.04. The molecule has 0 aromatic heterocycles. The first-order chi connectivity index (χ1) is 11.7. The molecule has 5 heteroatoms. The molecular weight excluding hydrogens is 300 g/mol. The standard InChI is InChI=1S/C19H30N4O/c1-3-12-21-18(24)10-13-22-19(20-4-2)23-14-11-17(15-23)16-8-6-5-7-9-16/h5-9,17H,3-4,10-15H2,1-2H3,(H,20,22)(H,21,24). The summed E-state index contributed by atoms with van der Waals surface area (Å²) in [5.41, 5.74) is 1.40. The zero-order valence-corrected chi connectivity index (χ0v) is 14.9. The maximum atomic E-state index is 11.7. The lowest BCUT2D eigenvalue weighted by Gasteiger charge is -2.21. The number of nitrogens with zero attached hydrogens (tertiary/aromatic N) is 2. The van der Waals surface area contributed by atoms with Gasteiger partial charge >= 0.3 is 0 Å². The van der Waals surface area contributed by atoms with Gasteiger partial charge in [-0.05, 0) is 25.3 Å². The smallest absolute Gasteiger partial charge is 0.221 e. The van der Waals surface area contributed by atoms with E-state index in [4.69, 9.17) is 0 Å². The Kier molecular flexibility index (Phi) is 7.59. The molecule has 1 fully saturated rings. The molecule has 0 radical (unpaired) electrons. The van der Waals surface area contributed by atoms with E-state index in [2.05, 4.69) is 64.7 Å². The Morgan fingerprint density at radius 1 is 1.25 bits per heavy atom. The molecule has 1 aliphatic heterocycles. The molecule has 0 aliphatic carbocycles. The Labute approximate surface area is 145 Å². The van der Waals surface area contributed by atoms with Crippen molar-refractivity contribution in [2.24, 2.45) is 4.99 Å². The number of hydrogen-bond donors (Lipinski definition) is 2. The first-order valence-electron chi connectivity index (χ1n) is 9.09. The normalized spacial score (nSPS) is 17.8. The van der Waals surface area contributed by atoms with E-state index in [9.17, 15) is 4.79 Å². The van der Waals surface area contributed by atoms with E-state index < -0.39 is 0 Å². The summed E-state index contributed by atoms with van der Waals surface area (Å²) in [6.45, 7) is 8.24. The lowest BCUT2D eigenvalue weighted by atomic mass is 9.99. The van der Waals surface area contributed by atoms with Crippen LogP contribution in [0, 0.1) is 0 Å². The molecule has 0 bridgehead atoms. The number of carbonyl (C=O) groups excluding carboxylic acids is 1. The molecular formula is C19H30N4O. The van der Waals surface area contributed by atoms with Gasteiger partial charge < -0.3 is 15.5 Å². The lowest BCUT2D eigenvalue weighted by molar-refractivity contribution is -0.120. The van der Waals surface area contributed by atoms with Crippen molar-refractivity contribution in [2.45, 2.75) is 39.0 Å². The fourth-order valence-electron chi connectivity index (χ4n) is 2.99. The van der Waals surface area contributed by atoms with Gasteiger partial charge in [-0.25, -0.2) is 0 Å². The highest BCUT2D eigenvalue weighted by molar-refractivity contribution is 5.81. The predicted molar refractivity (Wildman–Crippen MR) is 99.3 cm³/mol. The molecule has 0 spiro atoms. The zero-order valence-electron chi connectivity index (χ0n) is 14.9. The van der Waals surface area contributed by atoms with E-state index in [1.54, 1.807) is 0 Å². The molecule has 0 saturated carbocycles. The van der Waals surface area contributed by atoms with Crippen molar-refractivity contribution in [1.29, 1.82) is 0 Å². The van der Waals surface area contributed by atoms with E-state index in [1.165, 1.54) is 5.56 Å². The van der Waals surface area contributed by atoms with Crippen LogP contribution in [-0.4, -0.2) is 49.5 Å². The molecule has 24 heavy (non-hydrogen) atoms. The van der Waals surface area contributed by atoms with Crippen LogP contribution in [0.15, 0.2) is 35.3 Å². The van der Waals surface area contributed by atoms with Crippen molar-refractivity contribution in [2.75, 3.05) is 32.7 Å². The molecule has 1 saturated heterocycles. The Balaban J connectivity index is 1.88. The lowest BCUT2D eigenvalue weighted by Crippen LogP contribution is -2.40. The zero-order chi connectivity index (χ0) is 17.2. The van der Waals surface area contributed by atoms with Crippen LogP contribution >= 0.6 is 0 Å². The van der Waals surface area contributed by atoms with E-state index in [1.807, 2.05) is 0 Å². The van der Waals surface area contributed by atoms with Gasteiger partial charge in [-0.2, -0.15) is 0 Å². The molecule has 1 aromatic rings. The van der Waals surface area contributed by atoms with Gasteiger partial charge in [0.05, 0.1) is 6.54 Å². The van der Waals surface area contributed by atoms with Crippen LogP contribution in [0.5, 0.6) is 0 Å². The van der Waals surface area contributed by atoms with Gasteiger partial charge in [0.2, 0.25) is 5.91 Å². The summed E-state index contributed by atoms with van der Waals surface area (Å²) in [7, 11) is 0. The number of benzene rings is 1. The van der Waals surface area contributed by atoms with Crippen molar-refractivity contribution in [3.05, 3.63) is 35.9 Å². The van der Waals surface area contributed by atoms with Crippen LogP contribution in [0.25, 0.3) is 0 Å². The second kappa shape index (κ2) is 9.96. The third kappa shape index (κ3) is 5.55. The molecule has 1 aliphatic rings. The second-order valence-corrected chi connectivity index (χ2v) is 6.18. The number of aliphatic imine (C=N–C) groups is 1. The van der Waals surface area contributed by atoms with Gasteiger partial charge in [0.25, 0.3) is 0 Å². The molecule has 5 nitrogen and oxygen atoms in total. The highest BCUT2D eigenvalue weighted by Crippen LogP contribution is 2.26. The van der Waals surface area contributed by atoms with Crippen LogP contribution in [-0.2, 0) is 4.79 Å². The molecule has 1 atom stereocenters. The fourth-order valence-corrected chi connectivity index (χ4v) is 2.99. The molecule has 1 heterocycles. The van der Waals surface area contributed by atoms with Crippen LogP contribution in [0.1, 0.15) is 44.6 Å². The van der Waals surface area contributed by atoms with Crippen molar-refractivity contribution >= 4 is 11.9 Å². The molecule has 2 N–H and O–H groups in total. The van der Waals surface area contributed by atoms with E-state index in [0.717, 1.165) is 45.0 Å². The number of amides is 1. The van der Waals surface area contributed by atoms with Crippen molar-refractivity contribution in [3.63, 3.8) is 0 Å². The summed E-state index contributed by atoms with van der Waals surface area (Å²) in [4.78, 5) is 18.6. The minimum atomic E-state index is 0.0834. The van der Waals surface area contributed by atoms with Crippen LogP contribution in [0.3, 0.4) is 0 Å².